The van der Waals surface area contributed by atoms with E-state index in [1.807, 2.05) is 97.5 Å². The zero-order valence-corrected chi connectivity index (χ0v) is 73.0. The van der Waals surface area contributed by atoms with Crippen LogP contribution in [0, 0.1) is 27.7 Å². The van der Waals surface area contributed by atoms with Crippen molar-refractivity contribution in [3.05, 3.63) is 230 Å². The Morgan fingerprint density at radius 3 is 0.775 bits per heavy atom. The van der Waals surface area contributed by atoms with Crippen molar-refractivity contribution < 1.29 is 39.6 Å². The number of benzene rings is 8. The first-order valence-corrected chi connectivity index (χ1v) is 44.3. The molecule has 0 amide bonds. The van der Waals surface area contributed by atoms with E-state index in [-0.39, 0.29) is 57.1 Å². The molecule has 0 fully saturated rings. The minimum Gasteiger partial charge on any atom is -0.478 e. The largest absolute Gasteiger partial charge is 0.478 e. The van der Waals surface area contributed by atoms with Crippen molar-refractivity contribution >= 4 is 111 Å². The van der Waals surface area contributed by atoms with Crippen LogP contribution in [-0.2, 0) is 13.1 Å². The van der Waals surface area contributed by atoms with E-state index in [0.717, 1.165) is 34.4 Å². The first-order chi connectivity index (χ1) is 57.7. The highest BCUT2D eigenvalue weighted by Gasteiger charge is 2.21. The molecule has 18 nitrogen and oxygen atoms in total. The molecule has 0 unspecified atom stereocenters. The Kier molecular flexibility index (Phi) is 36.4. The number of aryl methyl sites for hydroxylation is 4. The van der Waals surface area contributed by atoms with Crippen LogP contribution in [0.3, 0.4) is 0 Å². The molecule has 0 atom stereocenters. The molecule has 0 aliphatic rings. The molecule has 0 saturated carbocycles. The second kappa shape index (κ2) is 46.9. The Balaban J connectivity index is 0.000000191. The van der Waals surface area contributed by atoms with Crippen LogP contribution in [0.4, 0.5) is 0 Å². The lowest BCUT2D eigenvalue weighted by atomic mass is 10.0. The Morgan fingerprint density at radius 1 is 0.275 bits per heavy atom. The quantitative estimate of drug-likeness (QED) is 0.0154. The normalized spacial score (nSPS) is 11.5. The summed E-state index contributed by atoms with van der Waals surface area (Å²) in [5.41, 5.74) is 7.71. The van der Waals surface area contributed by atoms with E-state index in [1.165, 1.54) is 243 Å². The summed E-state index contributed by atoms with van der Waals surface area (Å²) in [7, 11) is 8.69. The number of nitrogens with one attached hydrogen (secondary N) is 2. The van der Waals surface area contributed by atoms with Crippen molar-refractivity contribution in [2.75, 3.05) is 41.3 Å². The maximum Gasteiger partial charge on any atom is 0.335 e. The van der Waals surface area contributed by atoms with Gasteiger partial charge in [-0.05, 0) is 202 Å². The number of hydrogen-bond acceptors (Lipinski definition) is 10. The van der Waals surface area contributed by atoms with Crippen LogP contribution >= 0.6 is 0 Å². The third kappa shape index (κ3) is 26.7. The third-order valence-corrected chi connectivity index (χ3v) is 23.2. The van der Waals surface area contributed by atoms with Crippen LogP contribution in [-0.4, -0.2) is 114 Å². The first-order valence-electron chi connectivity index (χ1n) is 44.3. The van der Waals surface area contributed by atoms with Crippen molar-refractivity contribution in [2.45, 2.75) is 260 Å². The summed E-state index contributed by atoms with van der Waals surface area (Å²) in [4.78, 5) is 113. The Bertz CT molecular complexity index is 5350. The summed E-state index contributed by atoms with van der Waals surface area (Å²) in [5, 5.41) is 41.9. The summed E-state index contributed by atoms with van der Waals surface area (Å²) < 4.78 is 3.66. The van der Waals surface area contributed by atoms with Gasteiger partial charge in [-0.25, -0.2) is 19.2 Å². The van der Waals surface area contributed by atoms with E-state index >= 15 is 0 Å². The first kappa shape index (κ1) is 93.3. The van der Waals surface area contributed by atoms with Crippen molar-refractivity contribution in [1.82, 2.24) is 28.9 Å². The fourth-order valence-electron chi connectivity index (χ4n) is 16.5. The highest BCUT2D eigenvalue weighted by atomic mass is 16.4. The zero-order valence-electron chi connectivity index (χ0n) is 73.0. The number of fused-ring (bicyclic) bond motifs is 8. The average Bonchev–Trinajstić information content (AvgIpc) is 0.735. The second-order valence-electron chi connectivity index (χ2n) is 34.0. The van der Waals surface area contributed by atoms with E-state index in [2.05, 4.69) is 61.8 Å². The van der Waals surface area contributed by atoms with Crippen molar-refractivity contribution in [3.63, 3.8) is 0 Å². The number of aromatic nitrogens is 4. The maximum absolute atomic E-state index is 13.7. The predicted molar refractivity (Wildman–Crippen MR) is 497 cm³/mol. The fraction of sp³-hybridized carbons (Fsp3) is 0.451. The van der Waals surface area contributed by atoms with Gasteiger partial charge < -0.3 is 49.3 Å². The molecule has 0 aliphatic heterocycles. The number of H-pyrrole nitrogens is 2. The number of aromatic amines is 2. The zero-order chi connectivity index (χ0) is 86.4. The van der Waals surface area contributed by atoms with Crippen LogP contribution in [0.25, 0.3) is 87.2 Å². The number of pyridine rings is 4. The van der Waals surface area contributed by atoms with Gasteiger partial charge in [0.15, 0.2) is 21.7 Å². The lowest BCUT2D eigenvalue weighted by Crippen LogP contribution is -2.15. The van der Waals surface area contributed by atoms with Crippen LogP contribution in [0.15, 0.2) is 153 Å². The molecule has 0 radical (unpaired) electrons. The van der Waals surface area contributed by atoms with Gasteiger partial charge in [0, 0.05) is 67.2 Å². The number of carboxylic acids is 4. The van der Waals surface area contributed by atoms with Gasteiger partial charge in [0.1, 0.15) is 0 Å². The molecule has 0 bridgehead atoms. The van der Waals surface area contributed by atoms with Gasteiger partial charge in [0.2, 0.25) is 0 Å². The highest BCUT2D eigenvalue weighted by molar-refractivity contribution is 6.06. The molecule has 12 aromatic rings. The molecule has 12 rings (SSSR count). The van der Waals surface area contributed by atoms with E-state index in [4.69, 9.17) is 0 Å². The monoisotopic (exact) mass is 1630 g/mol. The van der Waals surface area contributed by atoms with Gasteiger partial charge in [-0.15, -0.1) is 0 Å². The molecule has 0 aliphatic carbocycles. The van der Waals surface area contributed by atoms with Gasteiger partial charge >= 0.3 is 23.9 Å². The molecule has 6 N–H and O–H groups in total. The summed E-state index contributed by atoms with van der Waals surface area (Å²) in [5.74, 6) is -4.98. The van der Waals surface area contributed by atoms with E-state index in [9.17, 15) is 58.8 Å². The van der Waals surface area contributed by atoms with Crippen molar-refractivity contribution in [1.29, 1.82) is 0 Å². The number of nitrogens with zero attached hydrogens (tertiary/aromatic N) is 4. The highest BCUT2D eigenvalue weighted by Crippen LogP contribution is 2.31. The molecular weight excluding hydrogens is 1500 g/mol. The smallest absolute Gasteiger partial charge is 0.335 e. The van der Waals surface area contributed by atoms with Gasteiger partial charge in [-0.3, -0.25) is 19.2 Å². The lowest BCUT2D eigenvalue weighted by molar-refractivity contribution is 0.0676. The van der Waals surface area contributed by atoms with Crippen LogP contribution in [0.5, 0.6) is 0 Å². The minimum absolute atomic E-state index is 0.0772. The number of unbranched alkanes of at least 4 members (excludes halogenated alkanes) is 30. The second-order valence-corrected chi connectivity index (χ2v) is 34.0. The molecule has 0 saturated heterocycles. The summed E-state index contributed by atoms with van der Waals surface area (Å²) in [6, 6.07) is 36.7. The Labute approximate surface area is 707 Å². The number of aromatic carboxylic acids is 4. The van der Waals surface area contributed by atoms with E-state index in [0.29, 0.717) is 98.4 Å². The molecule has 120 heavy (non-hydrogen) atoms. The van der Waals surface area contributed by atoms with Crippen molar-refractivity contribution in [3.8, 4) is 0 Å². The lowest BCUT2D eigenvalue weighted by Gasteiger charge is -2.17. The van der Waals surface area contributed by atoms with Crippen LogP contribution in [0.2, 0.25) is 0 Å². The number of carbonyl (C=O) groups is 4. The average molecular weight is 1630 g/mol. The van der Waals surface area contributed by atoms with Crippen LogP contribution in [0.1, 0.15) is 294 Å². The van der Waals surface area contributed by atoms with Gasteiger partial charge in [-0.1, -0.05) is 253 Å². The summed E-state index contributed by atoms with van der Waals surface area (Å²) >= 11 is 0. The summed E-state index contributed by atoms with van der Waals surface area (Å²) in [6.45, 7) is 14.9. The molecule has 640 valence electrons. The number of rotatable bonds is 42. The standard InChI is InChI=1S/2C31H22N2O6.2C20H43N/c2*1-15-3-5-24-20(7-15)28(34)21-13-27-23(12-25(21)32-24)29(35)22-8-16(2)4-6-26(22)33(27)14-17-9-18(30(36)37)11-19(10-17)31(38)39;2*1-4-5-6-7-8-9-10-11-12-13-14-15-16-17-18-19-20-21(2)3/h2*3-13H,14H2,1-2H3,(H,32,34)(H,36,37)(H,38,39);2*4-20H2,1-3H3. The molecule has 18 heteroatoms. The molecule has 8 aromatic carbocycles. The number of carboxylic acid groups (broad SMARTS) is 4. The Hall–Kier alpha value is -10.6. The topological polar surface area (TPSA) is 265 Å². The SMILES string of the molecule is CCCCCCCCCCCCCCCCCCN(C)C.CCCCCCCCCCCCCCCCCCN(C)C.Cc1ccc2[nH]c3cc4c(=O)c5cc(C)ccc5n(Cc5cc(C(=O)O)cc(C(=O)O)c5)c4cc3c(=O)c2c1.Cc1ccc2[nH]c3cc4c(=O)c5cc(C)ccc5n(Cc5cc(C(=O)O)cc(C(=O)O)c5)c4cc3c(=O)c2c1. The number of hydrogen-bond donors (Lipinski definition) is 6. The van der Waals surface area contributed by atoms with E-state index in [1.54, 1.807) is 36.4 Å². The minimum atomic E-state index is -1.25. The van der Waals surface area contributed by atoms with Gasteiger partial charge in [0.05, 0.1) is 55.4 Å². The summed E-state index contributed by atoms with van der Waals surface area (Å²) in [6.07, 6.45) is 46.6. The molecule has 0 spiro atoms. The Morgan fingerprint density at radius 2 is 0.508 bits per heavy atom. The van der Waals surface area contributed by atoms with E-state index < -0.39 is 23.9 Å². The predicted octanol–water partition coefficient (Wildman–Crippen LogP) is 24.0. The maximum atomic E-state index is 13.7. The molecular formula is C102H130N6O12. The molecule has 4 aromatic heterocycles. The van der Waals surface area contributed by atoms with Gasteiger partial charge in [-0.2, -0.15) is 0 Å². The third-order valence-electron chi connectivity index (χ3n) is 23.2. The van der Waals surface area contributed by atoms with Crippen LogP contribution < -0.4 is 21.7 Å². The molecule has 4 heterocycles. The fourth-order valence-corrected chi connectivity index (χ4v) is 16.5. The van der Waals surface area contributed by atoms with Gasteiger partial charge in [0.25, 0.3) is 0 Å². The van der Waals surface area contributed by atoms with Crippen molar-refractivity contribution in [2.24, 2.45) is 0 Å².